The van der Waals surface area contributed by atoms with Gasteiger partial charge in [0.2, 0.25) is 5.12 Å². The number of benzene rings is 2. The Bertz CT molecular complexity index is 810. The van der Waals surface area contributed by atoms with Crippen LogP contribution in [0.1, 0.15) is 18.4 Å². The average Bonchev–Trinajstić information content (AvgIpc) is 2.71. The molecule has 0 aliphatic heterocycles. The summed E-state index contributed by atoms with van der Waals surface area (Å²) in [6, 6.07) is 13.9. The van der Waals surface area contributed by atoms with Gasteiger partial charge in [0.05, 0.1) is 13.2 Å². The van der Waals surface area contributed by atoms with Gasteiger partial charge in [0, 0.05) is 11.0 Å². The molecule has 0 aromatic heterocycles. The lowest BCUT2D eigenvalue weighted by molar-refractivity contribution is -0.137. The summed E-state index contributed by atoms with van der Waals surface area (Å²) in [5.41, 5.74) is 0.892. The molecule has 2 aromatic rings. The highest BCUT2D eigenvalue weighted by Crippen LogP contribution is 2.22. The summed E-state index contributed by atoms with van der Waals surface area (Å²) in [4.78, 5) is 23.6. The van der Waals surface area contributed by atoms with Crippen LogP contribution in [0.2, 0.25) is 0 Å². The molecule has 1 N–H and O–H groups in total. The predicted molar refractivity (Wildman–Crippen MR) is 110 cm³/mol. The van der Waals surface area contributed by atoms with E-state index in [1.54, 1.807) is 30.3 Å². The number of carbonyl (C=O) groups excluding carboxylic acids is 2. The first-order valence-electron chi connectivity index (χ1n) is 8.78. The zero-order valence-corrected chi connectivity index (χ0v) is 16.2. The molecule has 6 heteroatoms. The second kappa shape index (κ2) is 11.7. The van der Waals surface area contributed by atoms with Gasteiger partial charge in [0.1, 0.15) is 11.5 Å². The van der Waals surface area contributed by atoms with Crippen LogP contribution in [0, 0.1) is 0 Å². The van der Waals surface area contributed by atoms with Gasteiger partial charge < -0.3 is 14.6 Å². The van der Waals surface area contributed by atoms with E-state index in [0.29, 0.717) is 13.2 Å². The lowest BCUT2D eigenvalue weighted by Gasteiger charge is -2.06. The molecule has 0 heterocycles. The van der Waals surface area contributed by atoms with E-state index in [9.17, 15) is 14.7 Å². The van der Waals surface area contributed by atoms with Gasteiger partial charge in [-0.15, -0.1) is 0 Å². The molecule has 0 fully saturated rings. The average molecular weight is 398 g/mol. The molecule has 146 valence electrons. The van der Waals surface area contributed by atoms with E-state index in [0.717, 1.165) is 46.9 Å². The van der Waals surface area contributed by atoms with Gasteiger partial charge in [-0.05, 0) is 72.6 Å². The first-order valence-corrected chi connectivity index (χ1v) is 9.59. The van der Waals surface area contributed by atoms with Crippen molar-refractivity contribution < 1.29 is 24.2 Å². The van der Waals surface area contributed by atoms with E-state index < -0.39 is 5.97 Å². The molecule has 0 saturated carbocycles. The molecule has 0 aliphatic rings. The molecule has 0 atom stereocenters. The van der Waals surface area contributed by atoms with Crippen molar-refractivity contribution in [1.29, 1.82) is 0 Å². The van der Waals surface area contributed by atoms with Crippen molar-refractivity contribution in [2.45, 2.75) is 17.7 Å². The van der Waals surface area contributed by atoms with Gasteiger partial charge in [-0.1, -0.05) is 24.8 Å². The molecule has 0 saturated heterocycles. The Labute approximate surface area is 168 Å². The fourth-order valence-corrected chi connectivity index (χ4v) is 2.77. The quantitative estimate of drug-likeness (QED) is 0.273. The summed E-state index contributed by atoms with van der Waals surface area (Å²) >= 11 is 1.10. The number of rotatable bonds is 10. The highest BCUT2D eigenvalue weighted by Gasteiger charge is 2.01. The molecule has 2 aromatic carbocycles. The SMILES string of the molecule is C=CC(=O)OCCCCOc1ccc(/C=C/C(=O)Sc2ccc(O)cc2)cc1. The number of hydrogen-bond donors (Lipinski definition) is 1. The van der Waals surface area contributed by atoms with Crippen molar-refractivity contribution in [3.63, 3.8) is 0 Å². The maximum atomic E-state index is 12.0. The van der Waals surface area contributed by atoms with Crippen molar-refractivity contribution in [2.75, 3.05) is 13.2 Å². The van der Waals surface area contributed by atoms with Crippen molar-refractivity contribution in [3.05, 3.63) is 72.8 Å². The van der Waals surface area contributed by atoms with E-state index in [-0.39, 0.29) is 10.9 Å². The summed E-state index contributed by atoms with van der Waals surface area (Å²) in [6.45, 7) is 4.22. The van der Waals surface area contributed by atoms with Crippen molar-refractivity contribution in [3.8, 4) is 11.5 Å². The van der Waals surface area contributed by atoms with Gasteiger partial charge in [0.25, 0.3) is 0 Å². The largest absolute Gasteiger partial charge is 0.508 e. The molecular formula is C22H22O5S. The van der Waals surface area contributed by atoms with Gasteiger partial charge in [-0.3, -0.25) is 4.79 Å². The van der Waals surface area contributed by atoms with Gasteiger partial charge in [-0.25, -0.2) is 4.79 Å². The number of thioether (sulfide) groups is 1. The number of hydrogen-bond acceptors (Lipinski definition) is 6. The molecular weight excluding hydrogens is 376 g/mol. The van der Waals surface area contributed by atoms with Gasteiger partial charge in [-0.2, -0.15) is 0 Å². The smallest absolute Gasteiger partial charge is 0.330 e. The second-order valence-corrected chi connectivity index (χ2v) is 6.82. The summed E-state index contributed by atoms with van der Waals surface area (Å²) in [6.07, 6.45) is 5.90. The highest BCUT2D eigenvalue weighted by molar-refractivity contribution is 8.14. The number of unbranched alkanes of at least 4 members (excludes halogenated alkanes) is 1. The number of aromatic hydroxyl groups is 1. The third kappa shape index (κ3) is 8.14. The van der Waals surface area contributed by atoms with E-state index in [1.165, 1.54) is 6.08 Å². The lowest BCUT2D eigenvalue weighted by atomic mass is 10.2. The molecule has 0 aliphatic carbocycles. The minimum absolute atomic E-state index is 0.0943. The number of esters is 1. The van der Waals surface area contributed by atoms with Gasteiger partial charge >= 0.3 is 5.97 Å². The minimum atomic E-state index is -0.412. The van der Waals surface area contributed by atoms with Crippen molar-refractivity contribution >= 4 is 28.9 Å². The Hall–Kier alpha value is -2.99. The molecule has 5 nitrogen and oxygen atoms in total. The second-order valence-electron chi connectivity index (χ2n) is 5.74. The lowest BCUT2D eigenvalue weighted by Crippen LogP contribution is -2.04. The number of carbonyl (C=O) groups is 2. The fourth-order valence-electron chi connectivity index (χ4n) is 2.13. The summed E-state index contributed by atoms with van der Waals surface area (Å²) in [5, 5.41) is 9.15. The Morgan fingerprint density at radius 2 is 1.68 bits per heavy atom. The molecule has 28 heavy (non-hydrogen) atoms. The van der Waals surface area contributed by atoms with E-state index >= 15 is 0 Å². The molecule has 0 bridgehead atoms. The van der Waals surface area contributed by atoms with Crippen LogP contribution in [0.15, 0.2) is 72.2 Å². The fraction of sp³-hybridized carbons (Fsp3) is 0.182. The maximum absolute atomic E-state index is 12.0. The predicted octanol–water partition coefficient (Wildman–Crippen LogP) is 4.61. The molecule has 0 spiro atoms. The third-order valence-corrected chi connectivity index (χ3v) is 4.41. The Morgan fingerprint density at radius 1 is 1.00 bits per heavy atom. The molecule has 0 radical (unpaired) electrons. The Kier molecular flexibility index (Phi) is 8.88. The summed E-state index contributed by atoms with van der Waals surface area (Å²) < 4.78 is 10.5. The maximum Gasteiger partial charge on any atom is 0.330 e. The number of phenols is 1. The monoisotopic (exact) mass is 398 g/mol. The van der Waals surface area contributed by atoms with Crippen LogP contribution in [0.3, 0.4) is 0 Å². The zero-order valence-electron chi connectivity index (χ0n) is 15.4. The normalized spacial score (nSPS) is 10.6. The van der Waals surface area contributed by atoms with Crippen LogP contribution in [-0.4, -0.2) is 29.4 Å². The van der Waals surface area contributed by atoms with Crippen LogP contribution in [0.5, 0.6) is 11.5 Å². The first kappa shape index (κ1) is 21.3. The third-order valence-electron chi connectivity index (χ3n) is 3.57. The van der Waals surface area contributed by atoms with Crippen LogP contribution in [0.25, 0.3) is 6.08 Å². The molecule has 0 unspecified atom stereocenters. The van der Waals surface area contributed by atoms with E-state index in [4.69, 9.17) is 9.47 Å². The van der Waals surface area contributed by atoms with E-state index in [2.05, 4.69) is 6.58 Å². The molecule has 0 amide bonds. The summed E-state index contributed by atoms with van der Waals surface area (Å²) in [7, 11) is 0. The highest BCUT2D eigenvalue weighted by atomic mass is 32.2. The molecule has 2 rings (SSSR count). The van der Waals surface area contributed by atoms with Crippen LogP contribution >= 0.6 is 11.8 Å². The summed E-state index contributed by atoms with van der Waals surface area (Å²) in [5.74, 6) is 0.500. The van der Waals surface area contributed by atoms with Crippen molar-refractivity contribution in [1.82, 2.24) is 0 Å². The Morgan fingerprint density at radius 3 is 2.36 bits per heavy atom. The topological polar surface area (TPSA) is 72.8 Å². The van der Waals surface area contributed by atoms with Crippen LogP contribution in [-0.2, 0) is 14.3 Å². The Balaban J connectivity index is 1.70. The van der Waals surface area contributed by atoms with E-state index in [1.807, 2.05) is 24.3 Å². The standard InChI is InChI=1S/C22H22O5S/c1-2-21(24)27-16-4-3-15-26-19-10-5-17(6-11-19)7-14-22(25)28-20-12-8-18(23)9-13-20/h2,5-14,23H,1,3-4,15-16H2/b14-7+. The van der Waals surface area contributed by atoms with Crippen molar-refractivity contribution in [2.24, 2.45) is 0 Å². The number of ether oxygens (including phenoxy) is 2. The number of phenolic OH excluding ortho intramolecular Hbond substituents is 1. The minimum Gasteiger partial charge on any atom is -0.508 e. The first-order chi connectivity index (χ1) is 13.6. The van der Waals surface area contributed by atoms with Gasteiger partial charge in [0.15, 0.2) is 0 Å². The van der Waals surface area contributed by atoms with Crippen LogP contribution in [0.4, 0.5) is 0 Å². The van der Waals surface area contributed by atoms with Crippen LogP contribution < -0.4 is 4.74 Å². The zero-order chi connectivity index (χ0) is 20.2.